The number of carbonyl (C=O) groups excluding carboxylic acids is 1. The highest BCUT2D eigenvalue weighted by Crippen LogP contribution is 2.39. The van der Waals surface area contributed by atoms with E-state index in [4.69, 9.17) is 26.8 Å². The van der Waals surface area contributed by atoms with Crippen molar-refractivity contribution in [1.82, 2.24) is 4.98 Å². The van der Waals surface area contributed by atoms with E-state index in [9.17, 15) is 10.1 Å². The van der Waals surface area contributed by atoms with Gasteiger partial charge in [0.05, 0.1) is 24.5 Å². The molecule has 108 valence electrons. The first-order chi connectivity index (χ1) is 10.1. The predicted molar refractivity (Wildman–Crippen MR) is 74.7 cm³/mol. The summed E-state index contributed by atoms with van der Waals surface area (Å²) in [4.78, 5) is 16.0. The minimum absolute atomic E-state index is 0.0641. The number of alkyl halides is 1. The van der Waals surface area contributed by atoms with Crippen molar-refractivity contribution < 1.29 is 14.3 Å². The molecule has 1 atom stereocenters. The van der Waals surface area contributed by atoms with Crippen LogP contribution in [0.2, 0.25) is 0 Å². The quantitative estimate of drug-likeness (QED) is 0.672. The van der Waals surface area contributed by atoms with Gasteiger partial charge in [-0.05, 0) is 17.7 Å². The fourth-order valence-corrected chi connectivity index (χ4v) is 2.34. The second kappa shape index (κ2) is 6.29. The minimum atomic E-state index is -0.687. The van der Waals surface area contributed by atoms with Crippen LogP contribution in [0.5, 0.6) is 0 Å². The van der Waals surface area contributed by atoms with Crippen LogP contribution in [0.3, 0.4) is 0 Å². The summed E-state index contributed by atoms with van der Waals surface area (Å²) in [5.41, 5.74) is 6.74. The summed E-state index contributed by atoms with van der Waals surface area (Å²) in [5.74, 6) is -1.25. The Labute approximate surface area is 126 Å². The molecule has 0 amide bonds. The highest BCUT2D eigenvalue weighted by atomic mass is 35.5. The largest absolute Gasteiger partial charge is 0.466 e. The fraction of sp³-hybridized carbons (Fsp3) is 0.214. The van der Waals surface area contributed by atoms with Crippen molar-refractivity contribution in [2.24, 2.45) is 5.73 Å². The maximum Gasteiger partial charge on any atom is 0.338 e. The summed E-state index contributed by atoms with van der Waals surface area (Å²) in [6.07, 6.45) is 3.12. The third kappa shape index (κ3) is 2.69. The Morgan fingerprint density at radius 3 is 2.76 bits per heavy atom. The van der Waals surface area contributed by atoms with E-state index in [1.54, 1.807) is 24.5 Å². The number of allylic oxidation sites excluding steroid dienone is 2. The molecular formula is C14H12ClN3O3. The molecule has 7 heteroatoms. The summed E-state index contributed by atoms with van der Waals surface area (Å²) in [6, 6.07) is 5.36. The minimum Gasteiger partial charge on any atom is -0.466 e. The molecule has 0 aliphatic carbocycles. The van der Waals surface area contributed by atoms with Crippen molar-refractivity contribution in [2.45, 2.75) is 5.92 Å². The first-order valence-corrected chi connectivity index (χ1v) is 6.52. The number of esters is 1. The molecule has 2 heterocycles. The fourth-order valence-electron chi connectivity index (χ4n) is 2.14. The molecule has 21 heavy (non-hydrogen) atoms. The molecule has 0 saturated carbocycles. The van der Waals surface area contributed by atoms with E-state index in [-0.39, 0.29) is 28.7 Å². The number of hydrogen-bond donors (Lipinski definition) is 1. The number of ether oxygens (including phenoxy) is 2. The van der Waals surface area contributed by atoms with E-state index < -0.39 is 11.9 Å². The Hall–Kier alpha value is -2.52. The van der Waals surface area contributed by atoms with Crippen LogP contribution in [0.25, 0.3) is 0 Å². The molecule has 1 aromatic heterocycles. The molecular weight excluding hydrogens is 294 g/mol. The van der Waals surface area contributed by atoms with Crippen LogP contribution >= 0.6 is 11.6 Å². The second-order valence-electron chi connectivity index (χ2n) is 4.17. The molecule has 6 nitrogen and oxygen atoms in total. The first kappa shape index (κ1) is 14.9. The van der Waals surface area contributed by atoms with Gasteiger partial charge < -0.3 is 15.2 Å². The van der Waals surface area contributed by atoms with Gasteiger partial charge in [0.15, 0.2) is 0 Å². The van der Waals surface area contributed by atoms with Crippen LogP contribution in [0.1, 0.15) is 11.5 Å². The lowest BCUT2D eigenvalue weighted by Gasteiger charge is -2.27. The van der Waals surface area contributed by atoms with Gasteiger partial charge in [0.25, 0.3) is 0 Å². The Morgan fingerprint density at radius 1 is 1.57 bits per heavy atom. The highest BCUT2D eigenvalue weighted by molar-refractivity contribution is 6.19. The van der Waals surface area contributed by atoms with Gasteiger partial charge in [-0.2, -0.15) is 5.26 Å². The SMILES string of the molecule is COC(=O)C1=C(CCl)OC(N)=C(C#N)C1c1ccncc1. The molecule has 0 bridgehead atoms. The first-order valence-electron chi connectivity index (χ1n) is 5.98. The Kier molecular flexibility index (Phi) is 4.45. The van der Waals surface area contributed by atoms with Crippen molar-refractivity contribution in [1.29, 1.82) is 5.26 Å². The predicted octanol–water partition coefficient (Wildman–Crippen LogP) is 1.56. The number of methoxy groups -OCH3 is 1. The number of aromatic nitrogens is 1. The Bertz CT molecular complexity index is 662. The summed E-state index contributed by atoms with van der Waals surface area (Å²) in [7, 11) is 1.25. The Balaban J connectivity index is 2.66. The van der Waals surface area contributed by atoms with E-state index in [2.05, 4.69) is 4.98 Å². The van der Waals surface area contributed by atoms with Crippen LogP contribution in [-0.4, -0.2) is 23.9 Å². The van der Waals surface area contributed by atoms with E-state index in [0.29, 0.717) is 5.56 Å². The molecule has 0 saturated heterocycles. The zero-order chi connectivity index (χ0) is 15.4. The number of rotatable bonds is 3. The molecule has 0 radical (unpaired) electrons. The van der Waals surface area contributed by atoms with Crippen LogP contribution < -0.4 is 5.73 Å². The lowest BCUT2D eigenvalue weighted by Crippen LogP contribution is -2.26. The number of nitriles is 1. The summed E-state index contributed by atoms with van der Waals surface area (Å²) >= 11 is 5.82. The third-order valence-corrected chi connectivity index (χ3v) is 3.31. The number of nitrogens with zero attached hydrogens (tertiary/aromatic N) is 2. The van der Waals surface area contributed by atoms with E-state index in [1.807, 2.05) is 6.07 Å². The molecule has 2 rings (SSSR count). The van der Waals surface area contributed by atoms with Crippen molar-refractivity contribution >= 4 is 17.6 Å². The molecule has 0 aromatic carbocycles. The van der Waals surface area contributed by atoms with Crippen LogP contribution in [-0.2, 0) is 14.3 Å². The number of nitrogens with two attached hydrogens (primary N) is 1. The van der Waals surface area contributed by atoms with Crippen molar-refractivity contribution in [3.8, 4) is 6.07 Å². The molecule has 0 fully saturated rings. The molecule has 1 aliphatic heterocycles. The molecule has 1 unspecified atom stereocenters. The van der Waals surface area contributed by atoms with Crippen molar-refractivity contribution in [2.75, 3.05) is 13.0 Å². The molecule has 0 spiro atoms. The van der Waals surface area contributed by atoms with E-state index in [1.165, 1.54) is 7.11 Å². The van der Waals surface area contributed by atoms with Gasteiger partial charge >= 0.3 is 5.97 Å². The van der Waals surface area contributed by atoms with Gasteiger partial charge in [-0.15, -0.1) is 11.6 Å². The zero-order valence-electron chi connectivity index (χ0n) is 11.2. The van der Waals surface area contributed by atoms with E-state index >= 15 is 0 Å². The smallest absolute Gasteiger partial charge is 0.338 e. The number of hydrogen-bond acceptors (Lipinski definition) is 6. The normalized spacial score (nSPS) is 18.0. The average molecular weight is 306 g/mol. The standard InChI is InChI=1S/C14H12ClN3O3/c1-20-14(19)12-10(6-15)21-13(17)9(7-16)11(12)8-2-4-18-5-3-8/h2-5,11H,6,17H2,1H3. The van der Waals surface area contributed by atoms with Gasteiger partial charge in [0.2, 0.25) is 5.88 Å². The summed E-state index contributed by atoms with van der Waals surface area (Å²) < 4.78 is 10.1. The van der Waals surface area contributed by atoms with Crippen LogP contribution in [0, 0.1) is 11.3 Å². The number of carbonyl (C=O) groups is 1. The molecule has 1 aliphatic rings. The lowest BCUT2D eigenvalue weighted by molar-refractivity contribution is -0.136. The topological polar surface area (TPSA) is 98.2 Å². The summed E-state index contributed by atoms with van der Waals surface area (Å²) in [6.45, 7) is 0. The van der Waals surface area contributed by atoms with Gasteiger partial charge in [-0.25, -0.2) is 4.79 Å². The number of pyridine rings is 1. The highest BCUT2D eigenvalue weighted by Gasteiger charge is 2.37. The molecule has 2 N–H and O–H groups in total. The van der Waals surface area contributed by atoms with Gasteiger partial charge in [0.1, 0.15) is 17.4 Å². The monoisotopic (exact) mass is 305 g/mol. The number of halogens is 1. The second-order valence-corrected chi connectivity index (χ2v) is 4.43. The lowest BCUT2D eigenvalue weighted by atomic mass is 9.83. The van der Waals surface area contributed by atoms with Gasteiger partial charge in [0, 0.05) is 12.4 Å². The van der Waals surface area contributed by atoms with Crippen LogP contribution in [0.4, 0.5) is 0 Å². The van der Waals surface area contributed by atoms with Crippen molar-refractivity contribution in [3.05, 3.63) is 52.9 Å². The van der Waals surface area contributed by atoms with Crippen molar-refractivity contribution in [3.63, 3.8) is 0 Å². The van der Waals surface area contributed by atoms with Crippen LogP contribution in [0.15, 0.2) is 47.3 Å². The average Bonchev–Trinajstić information content (AvgIpc) is 2.53. The summed E-state index contributed by atoms with van der Waals surface area (Å²) in [5, 5.41) is 9.33. The zero-order valence-corrected chi connectivity index (χ0v) is 11.9. The maximum absolute atomic E-state index is 12.1. The third-order valence-electron chi connectivity index (χ3n) is 3.06. The van der Waals surface area contributed by atoms with E-state index in [0.717, 1.165) is 0 Å². The van der Waals surface area contributed by atoms with Gasteiger partial charge in [-0.1, -0.05) is 0 Å². The Morgan fingerprint density at radius 2 is 2.24 bits per heavy atom. The van der Waals surface area contributed by atoms with Gasteiger partial charge in [-0.3, -0.25) is 4.98 Å². The molecule has 1 aromatic rings. The maximum atomic E-state index is 12.1.